The molecule has 3 rings (SSSR count). The summed E-state index contributed by atoms with van der Waals surface area (Å²) in [6.45, 7) is 0.409. The lowest BCUT2D eigenvalue weighted by molar-refractivity contribution is 0.483. The zero-order valence-corrected chi connectivity index (χ0v) is 16.5. The molecule has 3 N–H and O–H groups in total. The first-order valence-corrected chi connectivity index (χ1v) is 9.52. The zero-order chi connectivity index (χ0) is 19.9. The van der Waals surface area contributed by atoms with Crippen LogP contribution in [-0.2, 0) is 19.4 Å². The lowest BCUT2D eigenvalue weighted by Crippen LogP contribution is -2.20. The number of nitrogens with zero attached hydrogens (tertiary/aromatic N) is 2. The molecule has 0 aliphatic carbocycles. The number of halogens is 2. The van der Waals surface area contributed by atoms with Crippen LogP contribution in [0.2, 0.25) is 10.0 Å². The van der Waals surface area contributed by atoms with Crippen LogP contribution in [0.15, 0.2) is 39.9 Å². The van der Waals surface area contributed by atoms with E-state index >= 15 is 0 Å². The van der Waals surface area contributed by atoms with Crippen molar-refractivity contribution in [3.05, 3.63) is 73.8 Å². The Bertz CT molecular complexity index is 1000. The Labute approximate surface area is 171 Å². The predicted molar refractivity (Wildman–Crippen MR) is 110 cm³/mol. The molecule has 0 bridgehead atoms. The van der Waals surface area contributed by atoms with Crippen molar-refractivity contribution in [2.24, 2.45) is 0 Å². The van der Waals surface area contributed by atoms with E-state index < -0.39 is 0 Å². The van der Waals surface area contributed by atoms with Crippen LogP contribution >= 0.6 is 23.2 Å². The third kappa shape index (κ3) is 5.21. The highest BCUT2D eigenvalue weighted by molar-refractivity contribution is 6.42. The number of aromatic amines is 1. The fourth-order valence-corrected chi connectivity index (χ4v) is 3.07. The number of unbranched alkanes of at least 4 members (excludes halogenated alkanes) is 1. The smallest absolute Gasteiger partial charge is 0.256 e. The third-order valence-electron chi connectivity index (χ3n) is 4.18. The Kier molecular flexibility index (Phi) is 6.84. The van der Waals surface area contributed by atoms with Crippen LogP contribution in [0, 0.1) is 5.41 Å². The number of aromatic nitrogens is 3. The second-order valence-corrected chi connectivity index (χ2v) is 6.97. The van der Waals surface area contributed by atoms with Crippen molar-refractivity contribution < 1.29 is 4.42 Å². The van der Waals surface area contributed by atoms with Crippen LogP contribution in [0.25, 0.3) is 0 Å². The van der Waals surface area contributed by atoms with E-state index in [-0.39, 0.29) is 5.56 Å². The summed E-state index contributed by atoms with van der Waals surface area (Å²) in [7, 11) is 0. The number of nitrogens with one attached hydrogen (secondary N) is 3. The van der Waals surface area contributed by atoms with Crippen molar-refractivity contribution >= 4 is 35.4 Å². The minimum absolute atomic E-state index is 0.249. The van der Waals surface area contributed by atoms with E-state index in [4.69, 9.17) is 33.0 Å². The Morgan fingerprint density at radius 3 is 2.75 bits per heavy atom. The molecule has 0 aliphatic heterocycles. The largest absolute Gasteiger partial charge is 0.449 e. The van der Waals surface area contributed by atoms with Gasteiger partial charge in [0.2, 0.25) is 5.95 Å². The second kappa shape index (κ2) is 9.52. The summed E-state index contributed by atoms with van der Waals surface area (Å²) in [6.07, 6.45) is 7.09. The molecular weight excluding hydrogens is 401 g/mol. The summed E-state index contributed by atoms with van der Waals surface area (Å²) in [6, 6.07) is 5.29. The molecular formula is C19H19Cl2N5O2. The average Bonchev–Trinajstić information content (AvgIpc) is 3.20. The number of anilines is 1. The lowest BCUT2D eigenvalue weighted by atomic mass is 10.1. The quantitative estimate of drug-likeness (QED) is 0.355. The first kappa shape index (κ1) is 20.1. The number of aryl methyl sites for hydroxylation is 1. The minimum Gasteiger partial charge on any atom is -0.449 e. The molecule has 2 heterocycles. The number of benzene rings is 1. The van der Waals surface area contributed by atoms with Crippen LogP contribution < -0.4 is 10.9 Å². The number of hydrogen-bond donors (Lipinski definition) is 3. The van der Waals surface area contributed by atoms with Crippen molar-refractivity contribution in [2.75, 3.05) is 5.32 Å². The summed E-state index contributed by atoms with van der Waals surface area (Å²) < 4.78 is 5.20. The number of rotatable bonds is 9. The van der Waals surface area contributed by atoms with Gasteiger partial charge in [0.25, 0.3) is 5.56 Å². The third-order valence-corrected chi connectivity index (χ3v) is 4.92. The number of hydrogen-bond acceptors (Lipinski definition) is 6. The van der Waals surface area contributed by atoms with Gasteiger partial charge in [0.1, 0.15) is 6.26 Å². The molecule has 0 aliphatic rings. The van der Waals surface area contributed by atoms with Crippen molar-refractivity contribution in [2.45, 2.75) is 32.2 Å². The molecule has 0 spiro atoms. The molecule has 7 nitrogen and oxygen atoms in total. The molecule has 0 unspecified atom stereocenters. The Hall–Kier alpha value is -2.64. The second-order valence-electron chi connectivity index (χ2n) is 6.16. The monoisotopic (exact) mass is 419 g/mol. The summed E-state index contributed by atoms with van der Waals surface area (Å²) >= 11 is 11.9. The van der Waals surface area contributed by atoms with E-state index in [2.05, 4.69) is 20.3 Å². The van der Waals surface area contributed by atoms with Gasteiger partial charge in [-0.25, -0.2) is 9.97 Å². The Morgan fingerprint density at radius 2 is 2.04 bits per heavy atom. The maximum Gasteiger partial charge on any atom is 0.256 e. The average molecular weight is 420 g/mol. The SMILES string of the molecule is N=Cc1nc(NCc2ccc(Cl)c(Cl)c2)[nH]c(=O)c1CCCCc1ncco1. The van der Waals surface area contributed by atoms with Crippen LogP contribution in [0.4, 0.5) is 5.95 Å². The van der Waals surface area contributed by atoms with Gasteiger partial charge in [0.05, 0.1) is 21.9 Å². The molecule has 0 saturated heterocycles. The highest BCUT2D eigenvalue weighted by atomic mass is 35.5. The van der Waals surface area contributed by atoms with Crippen molar-refractivity contribution in [1.29, 1.82) is 5.41 Å². The molecule has 3 aromatic rings. The summed E-state index contributed by atoms with van der Waals surface area (Å²) in [5.41, 5.74) is 1.50. The molecule has 0 atom stereocenters. The zero-order valence-electron chi connectivity index (χ0n) is 15.0. The molecule has 9 heteroatoms. The molecule has 0 saturated carbocycles. The molecule has 1 aromatic carbocycles. The van der Waals surface area contributed by atoms with Gasteiger partial charge >= 0.3 is 0 Å². The molecule has 28 heavy (non-hydrogen) atoms. The first-order chi connectivity index (χ1) is 13.6. The minimum atomic E-state index is -0.249. The van der Waals surface area contributed by atoms with Crippen molar-refractivity contribution in [1.82, 2.24) is 15.0 Å². The van der Waals surface area contributed by atoms with Gasteiger partial charge < -0.3 is 15.1 Å². The van der Waals surface area contributed by atoms with E-state index in [1.54, 1.807) is 24.6 Å². The highest BCUT2D eigenvalue weighted by Gasteiger charge is 2.10. The first-order valence-electron chi connectivity index (χ1n) is 8.76. The van der Waals surface area contributed by atoms with E-state index in [9.17, 15) is 4.79 Å². The summed E-state index contributed by atoms with van der Waals surface area (Å²) in [5.74, 6) is 0.985. The van der Waals surface area contributed by atoms with Gasteiger partial charge in [-0.15, -0.1) is 0 Å². The lowest BCUT2D eigenvalue weighted by Gasteiger charge is -2.09. The summed E-state index contributed by atoms with van der Waals surface area (Å²) in [4.78, 5) is 23.6. The fraction of sp³-hybridized carbons (Fsp3) is 0.263. The Balaban J connectivity index is 1.62. The topological polar surface area (TPSA) is 108 Å². The maximum absolute atomic E-state index is 12.4. The Morgan fingerprint density at radius 1 is 1.21 bits per heavy atom. The molecule has 0 amide bonds. The van der Waals surface area contributed by atoms with Gasteiger partial charge in [-0.2, -0.15) is 0 Å². The van der Waals surface area contributed by atoms with Crippen molar-refractivity contribution in [3.8, 4) is 0 Å². The van der Waals surface area contributed by atoms with Gasteiger partial charge in [-0.1, -0.05) is 29.3 Å². The molecule has 146 valence electrons. The maximum atomic E-state index is 12.4. The van der Waals surface area contributed by atoms with E-state index in [1.807, 2.05) is 6.07 Å². The van der Waals surface area contributed by atoms with Crippen LogP contribution in [0.5, 0.6) is 0 Å². The fourth-order valence-electron chi connectivity index (χ4n) is 2.75. The van der Waals surface area contributed by atoms with E-state index in [0.29, 0.717) is 52.5 Å². The predicted octanol–water partition coefficient (Wildman–Crippen LogP) is 4.24. The van der Waals surface area contributed by atoms with Gasteiger partial charge in [-0.3, -0.25) is 9.78 Å². The van der Waals surface area contributed by atoms with E-state index in [1.165, 1.54) is 0 Å². The van der Waals surface area contributed by atoms with Crippen LogP contribution in [0.1, 0.15) is 35.6 Å². The number of H-pyrrole nitrogens is 1. The van der Waals surface area contributed by atoms with Gasteiger partial charge in [0.15, 0.2) is 5.89 Å². The molecule has 0 fully saturated rings. The highest BCUT2D eigenvalue weighted by Crippen LogP contribution is 2.22. The van der Waals surface area contributed by atoms with Crippen molar-refractivity contribution in [3.63, 3.8) is 0 Å². The molecule has 2 aromatic heterocycles. The van der Waals surface area contributed by atoms with Crippen LogP contribution in [0.3, 0.4) is 0 Å². The summed E-state index contributed by atoms with van der Waals surface area (Å²) in [5, 5.41) is 11.6. The molecule has 0 radical (unpaired) electrons. The van der Waals surface area contributed by atoms with E-state index in [0.717, 1.165) is 24.6 Å². The van der Waals surface area contributed by atoms with Gasteiger partial charge in [-0.05, 0) is 37.0 Å². The number of oxazole rings is 1. The van der Waals surface area contributed by atoms with Crippen LogP contribution in [-0.4, -0.2) is 21.2 Å². The standard InChI is InChI=1S/C19H19Cl2N5O2/c20-14-6-5-12(9-15(14)21)11-24-19-25-16(10-22)13(18(27)26-19)3-1-2-4-17-23-7-8-28-17/h5-10,22H,1-4,11H2,(H2,24,25,26,27). The van der Waals surface area contributed by atoms with Gasteiger partial charge in [0, 0.05) is 24.7 Å². The normalized spacial score (nSPS) is 10.8.